The fourth-order valence-electron chi connectivity index (χ4n) is 2.41. The molecule has 1 aliphatic rings. The topological polar surface area (TPSA) is 41.5 Å². The van der Waals surface area contributed by atoms with Gasteiger partial charge < -0.3 is 15.2 Å². The Hall–Kier alpha value is -0.120. The van der Waals surface area contributed by atoms with E-state index >= 15 is 0 Å². The van der Waals surface area contributed by atoms with Gasteiger partial charge in [0.05, 0.1) is 18.8 Å². The molecular weight excluding hydrogens is 226 g/mol. The number of hydrogen-bond donors (Lipinski definition) is 2. The van der Waals surface area contributed by atoms with Crippen LogP contribution in [0.4, 0.5) is 0 Å². The van der Waals surface area contributed by atoms with Crippen molar-refractivity contribution in [2.75, 3.05) is 19.7 Å². The lowest BCUT2D eigenvalue weighted by Crippen LogP contribution is -2.33. The zero-order valence-electron chi connectivity index (χ0n) is 12.7. The molecule has 1 fully saturated rings. The van der Waals surface area contributed by atoms with Gasteiger partial charge in [-0.05, 0) is 43.6 Å². The molecule has 0 aromatic carbocycles. The van der Waals surface area contributed by atoms with Gasteiger partial charge in [0.25, 0.3) is 0 Å². The highest BCUT2D eigenvalue weighted by atomic mass is 16.5. The average molecular weight is 257 g/mol. The van der Waals surface area contributed by atoms with Crippen LogP contribution in [-0.2, 0) is 4.74 Å². The Morgan fingerprint density at radius 2 is 1.94 bits per heavy atom. The van der Waals surface area contributed by atoms with E-state index in [1.54, 1.807) is 0 Å². The maximum atomic E-state index is 9.81. The lowest BCUT2D eigenvalue weighted by atomic mass is 10.1. The molecule has 0 spiro atoms. The highest BCUT2D eigenvalue weighted by Gasteiger charge is 2.44. The van der Waals surface area contributed by atoms with Crippen LogP contribution in [0.25, 0.3) is 0 Å². The van der Waals surface area contributed by atoms with Crippen molar-refractivity contribution in [3.8, 4) is 0 Å². The van der Waals surface area contributed by atoms with Gasteiger partial charge in [0.2, 0.25) is 0 Å². The molecule has 0 aromatic heterocycles. The second kappa shape index (κ2) is 6.88. The van der Waals surface area contributed by atoms with Gasteiger partial charge in [-0.1, -0.05) is 27.7 Å². The van der Waals surface area contributed by atoms with E-state index in [0.717, 1.165) is 18.9 Å². The fourth-order valence-corrected chi connectivity index (χ4v) is 2.41. The zero-order chi connectivity index (χ0) is 13.8. The first kappa shape index (κ1) is 15.9. The summed E-state index contributed by atoms with van der Waals surface area (Å²) in [6.45, 7) is 13.2. The molecule has 0 bridgehead atoms. The minimum Gasteiger partial charge on any atom is -0.389 e. The summed E-state index contributed by atoms with van der Waals surface area (Å²) < 4.78 is 5.64. The van der Waals surface area contributed by atoms with Crippen LogP contribution in [-0.4, -0.2) is 37.0 Å². The van der Waals surface area contributed by atoms with E-state index in [-0.39, 0.29) is 12.2 Å². The van der Waals surface area contributed by atoms with E-state index in [1.165, 1.54) is 6.42 Å². The second-order valence-electron chi connectivity index (χ2n) is 6.98. The predicted octanol–water partition coefficient (Wildman–Crippen LogP) is 2.43. The van der Waals surface area contributed by atoms with E-state index in [2.05, 4.69) is 39.9 Å². The molecule has 108 valence electrons. The molecule has 1 aliphatic carbocycles. The third-order valence-corrected chi connectivity index (χ3v) is 3.86. The van der Waals surface area contributed by atoms with Crippen molar-refractivity contribution in [2.45, 2.75) is 59.7 Å². The van der Waals surface area contributed by atoms with Crippen LogP contribution in [0.5, 0.6) is 0 Å². The van der Waals surface area contributed by atoms with Crippen LogP contribution in [0.15, 0.2) is 0 Å². The molecule has 0 saturated heterocycles. The van der Waals surface area contributed by atoms with Gasteiger partial charge in [-0.25, -0.2) is 0 Å². The van der Waals surface area contributed by atoms with Gasteiger partial charge >= 0.3 is 0 Å². The van der Waals surface area contributed by atoms with Crippen LogP contribution >= 0.6 is 0 Å². The summed E-state index contributed by atoms with van der Waals surface area (Å²) in [5.74, 6) is 1.43. The number of hydrogen-bond acceptors (Lipinski definition) is 3. The summed E-state index contributed by atoms with van der Waals surface area (Å²) in [6.07, 6.45) is 2.21. The molecule has 0 aliphatic heterocycles. The van der Waals surface area contributed by atoms with Crippen molar-refractivity contribution < 1.29 is 9.84 Å². The second-order valence-corrected chi connectivity index (χ2v) is 6.98. The van der Waals surface area contributed by atoms with Gasteiger partial charge in [0, 0.05) is 6.54 Å². The molecule has 0 aromatic rings. The number of ether oxygens (including phenoxy) is 1. The van der Waals surface area contributed by atoms with Gasteiger partial charge in [0.15, 0.2) is 0 Å². The molecule has 0 radical (unpaired) electrons. The summed E-state index contributed by atoms with van der Waals surface area (Å²) >= 11 is 0. The van der Waals surface area contributed by atoms with Crippen LogP contribution in [0, 0.1) is 17.3 Å². The molecule has 18 heavy (non-hydrogen) atoms. The highest BCUT2D eigenvalue weighted by Crippen LogP contribution is 2.50. The van der Waals surface area contributed by atoms with Gasteiger partial charge in [-0.15, -0.1) is 0 Å². The monoisotopic (exact) mass is 257 g/mol. The van der Waals surface area contributed by atoms with E-state index in [1.807, 2.05) is 0 Å². The van der Waals surface area contributed by atoms with Crippen molar-refractivity contribution >= 4 is 0 Å². The Labute approximate surface area is 112 Å². The van der Waals surface area contributed by atoms with E-state index < -0.39 is 0 Å². The van der Waals surface area contributed by atoms with E-state index in [9.17, 15) is 5.11 Å². The normalized spacial score (nSPS) is 25.2. The summed E-state index contributed by atoms with van der Waals surface area (Å²) in [5, 5.41) is 13.1. The molecule has 2 N–H and O–H groups in total. The van der Waals surface area contributed by atoms with Crippen molar-refractivity contribution in [1.82, 2.24) is 5.32 Å². The zero-order valence-corrected chi connectivity index (χ0v) is 12.7. The largest absolute Gasteiger partial charge is 0.389 e. The molecule has 1 saturated carbocycles. The molecule has 0 amide bonds. The minimum atomic E-state index is -0.388. The van der Waals surface area contributed by atoms with Crippen molar-refractivity contribution in [1.29, 1.82) is 0 Å². The molecule has 0 heterocycles. The highest BCUT2D eigenvalue weighted by molar-refractivity contribution is 4.96. The SMILES string of the molecule is CC(C)CC(C)OCC(O)CNCC1CC1(C)C. The first-order chi connectivity index (χ1) is 8.31. The summed E-state index contributed by atoms with van der Waals surface area (Å²) in [7, 11) is 0. The third-order valence-electron chi connectivity index (χ3n) is 3.86. The maximum Gasteiger partial charge on any atom is 0.0897 e. The van der Waals surface area contributed by atoms with E-state index in [0.29, 0.717) is 24.5 Å². The molecular formula is C15H31NO2. The Kier molecular flexibility index (Phi) is 6.09. The first-order valence-electron chi connectivity index (χ1n) is 7.31. The van der Waals surface area contributed by atoms with Crippen LogP contribution in [0.1, 0.15) is 47.5 Å². The van der Waals surface area contributed by atoms with Gasteiger partial charge in [-0.2, -0.15) is 0 Å². The predicted molar refractivity (Wildman–Crippen MR) is 75.6 cm³/mol. The fraction of sp³-hybridized carbons (Fsp3) is 1.00. The Morgan fingerprint density at radius 1 is 1.33 bits per heavy atom. The summed E-state index contributed by atoms with van der Waals surface area (Å²) in [6, 6.07) is 0. The Bertz CT molecular complexity index is 241. The van der Waals surface area contributed by atoms with E-state index in [4.69, 9.17) is 4.74 Å². The third kappa shape index (κ3) is 6.17. The van der Waals surface area contributed by atoms with Crippen molar-refractivity contribution in [3.05, 3.63) is 0 Å². The molecule has 1 rings (SSSR count). The standard InChI is InChI=1S/C15H31NO2/c1-11(2)6-12(3)18-10-14(17)9-16-8-13-7-15(13,4)5/h11-14,16-17H,6-10H2,1-5H3. The molecule has 3 unspecified atom stereocenters. The lowest BCUT2D eigenvalue weighted by molar-refractivity contribution is -0.00854. The van der Waals surface area contributed by atoms with Crippen LogP contribution < -0.4 is 5.32 Å². The van der Waals surface area contributed by atoms with Gasteiger partial charge in [0.1, 0.15) is 0 Å². The van der Waals surface area contributed by atoms with Crippen LogP contribution in [0.3, 0.4) is 0 Å². The smallest absolute Gasteiger partial charge is 0.0897 e. The minimum absolute atomic E-state index is 0.238. The first-order valence-corrected chi connectivity index (χ1v) is 7.31. The van der Waals surface area contributed by atoms with Gasteiger partial charge in [-0.3, -0.25) is 0 Å². The maximum absolute atomic E-state index is 9.81. The Morgan fingerprint density at radius 3 is 2.44 bits per heavy atom. The molecule has 3 nitrogen and oxygen atoms in total. The summed E-state index contributed by atoms with van der Waals surface area (Å²) in [4.78, 5) is 0. The number of nitrogens with one attached hydrogen (secondary N) is 1. The molecule has 3 heteroatoms. The number of rotatable bonds is 9. The quantitative estimate of drug-likeness (QED) is 0.666. The van der Waals surface area contributed by atoms with Crippen molar-refractivity contribution in [3.63, 3.8) is 0 Å². The average Bonchev–Trinajstić information content (AvgIpc) is 2.82. The molecule has 3 atom stereocenters. The van der Waals surface area contributed by atoms with Crippen LogP contribution in [0.2, 0.25) is 0 Å². The Balaban J connectivity index is 1.98. The number of aliphatic hydroxyl groups excluding tert-OH is 1. The number of aliphatic hydroxyl groups is 1. The van der Waals surface area contributed by atoms with Crippen molar-refractivity contribution in [2.24, 2.45) is 17.3 Å². The lowest BCUT2D eigenvalue weighted by Gasteiger charge is -2.18. The summed E-state index contributed by atoms with van der Waals surface area (Å²) in [5.41, 5.74) is 0.514.